The molecular formula is C18H26N4O2. The highest BCUT2D eigenvalue weighted by Gasteiger charge is 2.21. The molecule has 1 unspecified atom stereocenters. The number of hydrogen-bond acceptors (Lipinski definition) is 4. The summed E-state index contributed by atoms with van der Waals surface area (Å²) >= 11 is 0. The van der Waals surface area contributed by atoms with Crippen molar-refractivity contribution in [3.63, 3.8) is 0 Å². The minimum atomic E-state index is 0.0307. The van der Waals surface area contributed by atoms with Crippen molar-refractivity contribution in [1.82, 2.24) is 20.2 Å². The van der Waals surface area contributed by atoms with Crippen LogP contribution in [0, 0.1) is 6.92 Å². The molecule has 1 atom stereocenters. The van der Waals surface area contributed by atoms with Crippen molar-refractivity contribution < 1.29 is 9.90 Å². The second kappa shape index (κ2) is 7.77. The van der Waals surface area contributed by atoms with Crippen LogP contribution in [0.3, 0.4) is 0 Å². The zero-order valence-electron chi connectivity index (χ0n) is 14.2. The van der Waals surface area contributed by atoms with Gasteiger partial charge in [0.1, 0.15) is 5.82 Å². The lowest BCUT2D eigenvalue weighted by Gasteiger charge is -2.34. The zero-order valence-corrected chi connectivity index (χ0v) is 14.2. The third-order valence-corrected chi connectivity index (χ3v) is 4.71. The number of benzene rings is 1. The van der Waals surface area contributed by atoms with E-state index < -0.39 is 0 Å². The summed E-state index contributed by atoms with van der Waals surface area (Å²) in [4.78, 5) is 22.0. The number of amides is 1. The van der Waals surface area contributed by atoms with Gasteiger partial charge in [-0.2, -0.15) is 0 Å². The molecule has 0 bridgehead atoms. The second-order valence-corrected chi connectivity index (χ2v) is 6.57. The minimum absolute atomic E-state index is 0.0307. The lowest BCUT2D eigenvalue weighted by Crippen LogP contribution is -2.45. The first kappa shape index (κ1) is 16.9. The van der Waals surface area contributed by atoms with Crippen molar-refractivity contribution in [2.75, 3.05) is 26.2 Å². The Morgan fingerprint density at radius 1 is 1.46 bits per heavy atom. The number of aliphatic hydroxyl groups excluding tert-OH is 1. The fraction of sp³-hybridized carbons (Fsp3) is 0.556. The Balaban J connectivity index is 1.47. The smallest absolute Gasteiger partial charge is 0.224 e. The number of piperidine rings is 1. The summed E-state index contributed by atoms with van der Waals surface area (Å²) in [5.74, 6) is 0.912. The number of carbonyl (C=O) groups excluding carboxylic acids is 1. The van der Waals surface area contributed by atoms with Gasteiger partial charge in [0.15, 0.2) is 0 Å². The molecule has 3 rings (SSSR count). The molecule has 1 aliphatic rings. The van der Waals surface area contributed by atoms with Gasteiger partial charge in [0.05, 0.1) is 24.1 Å². The Morgan fingerprint density at radius 3 is 3.17 bits per heavy atom. The number of H-pyrrole nitrogens is 1. The highest BCUT2D eigenvalue weighted by Crippen LogP contribution is 2.16. The summed E-state index contributed by atoms with van der Waals surface area (Å²) in [6, 6.07) is 6.14. The minimum Gasteiger partial charge on any atom is -0.395 e. The third-order valence-electron chi connectivity index (χ3n) is 4.71. The maximum Gasteiger partial charge on any atom is 0.224 e. The predicted octanol–water partition coefficient (Wildman–Crippen LogP) is 1.38. The van der Waals surface area contributed by atoms with Crippen molar-refractivity contribution in [2.24, 2.45) is 0 Å². The molecule has 1 saturated heterocycles. The number of aryl methyl sites for hydroxylation is 1. The van der Waals surface area contributed by atoms with Gasteiger partial charge >= 0.3 is 0 Å². The summed E-state index contributed by atoms with van der Waals surface area (Å²) in [7, 11) is 0. The highest BCUT2D eigenvalue weighted by atomic mass is 16.3. The number of fused-ring (bicyclic) bond motifs is 1. The first-order valence-electron chi connectivity index (χ1n) is 8.72. The van der Waals surface area contributed by atoms with Gasteiger partial charge < -0.3 is 15.4 Å². The molecule has 6 nitrogen and oxygen atoms in total. The lowest BCUT2D eigenvalue weighted by atomic mass is 10.0. The molecule has 0 saturated carbocycles. The first-order valence-corrected chi connectivity index (χ1v) is 8.72. The van der Waals surface area contributed by atoms with E-state index in [1.807, 2.05) is 25.1 Å². The van der Waals surface area contributed by atoms with E-state index in [9.17, 15) is 9.90 Å². The molecule has 24 heavy (non-hydrogen) atoms. The van der Waals surface area contributed by atoms with E-state index in [4.69, 9.17) is 0 Å². The number of likely N-dealkylation sites (tertiary alicyclic amines) is 1. The van der Waals surface area contributed by atoms with Crippen molar-refractivity contribution in [2.45, 2.75) is 38.6 Å². The fourth-order valence-corrected chi connectivity index (χ4v) is 3.44. The van der Waals surface area contributed by atoms with Gasteiger partial charge in [-0.3, -0.25) is 9.69 Å². The maximum absolute atomic E-state index is 12.1. The van der Waals surface area contributed by atoms with Crippen molar-refractivity contribution >= 4 is 16.9 Å². The summed E-state index contributed by atoms with van der Waals surface area (Å²) in [5.41, 5.74) is 2.88. The average molecular weight is 330 g/mol. The van der Waals surface area contributed by atoms with Crippen LogP contribution < -0.4 is 5.32 Å². The molecule has 3 N–H and O–H groups in total. The number of aromatic nitrogens is 2. The van der Waals surface area contributed by atoms with E-state index in [1.165, 1.54) is 12.8 Å². The maximum atomic E-state index is 12.1. The highest BCUT2D eigenvalue weighted by molar-refractivity contribution is 5.81. The Morgan fingerprint density at radius 2 is 2.33 bits per heavy atom. The number of nitrogens with zero attached hydrogens (tertiary/aromatic N) is 2. The molecule has 130 valence electrons. The van der Waals surface area contributed by atoms with Gasteiger partial charge in [0, 0.05) is 19.1 Å². The van der Waals surface area contributed by atoms with Crippen LogP contribution in [-0.2, 0) is 11.2 Å². The molecule has 0 aliphatic carbocycles. The normalized spacial score (nSPS) is 18.8. The number of carbonyl (C=O) groups is 1. The van der Waals surface area contributed by atoms with Crippen LogP contribution in [0.15, 0.2) is 18.2 Å². The van der Waals surface area contributed by atoms with Gasteiger partial charge in [-0.05, 0) is 44.0 Å². The number of imidazole rings is 1. The van der Waals surface area contributed by atoms with Crippen molar-refractivity contribution in [3.8, 4) is 0 Å². The molecule has 2 heterocycles. The predicted molar refractivity (Wildman–Crippen MR) is 93.8 cm³/mol. The Labute approximate surface area is 142 Å². The van der Waals surface area contributed by atoms with Gasteiger partial charge in [0.2, 0.25) is 5.91 Å². The molecular weight excluding hydrogens is 304 g/mol. The Kier molecular flexibility index (Phi) is 5.48. The van der Waals surface area contributed by atoms with E-state index in [0.717, 1.165) is 41.9 Å². The van der Waals surface area contributed by atoms with Crippen LogP contribution in [0.4, 0.5) is 0 Å². The molecule has 1 aliphatic heterocycles. The first-order chi connectivity index (χ1) is 11.7. The SMILES string of the molecule is Cc1nc2ccc(CC(=O)NCCN3CCCCC3CO)cc2[nH]1. The lowest BCUT2D eigenvalue weighted by molar-refractivity contribution is -0.120. The summed E-state index contributed by atoms with van der Waals surface area (Å²) in [5, 5.41) is 12.4. The molecule has 0 radical (unpaired) electrons. The van der Waals surface area contributed by atoms with Gasteiger partial charge in [0.25, 0.3) is 0 Å². The molecule has 1 amide bonds. The second-order valence-electron chi connectivity index (χ2n) is 6.57. The van der Waals surface area contributed by atoms with Gasteiger partial charge in [-0.1, -0.05) is 12.5 Å². The van der Waals surface area contributed by atoms with E-state index in [1.54, 1.807) is 0 Å². The van der Waals surface area contributed by atoms with Gasteiger partial charge in [-0.15, -0.1) is 0 Å². The van der Waals surface area contributed by atoms with Crippen LogP contribution in [-0.4, -0.2) is 58.2 Å². The van der Waals surface area contributed by atoms with E-state index in [-0.39, 0.29) is 18.6 Å². The number of rotatable bonds is 6. The van der Waals surface area contributed by atoms with Crippen molar-refractivity contribution in [3.05, 3.63) is 29.6 Å². The van der Waals surface area contributed by atoms with Gasteiger partial charge in [-0.25, -0.2) is 4.98 Å². The molecule has 1 aromatic heterocycles. The molecule has 0 spiro atoms. The summed E-state index contributed by atoms with van der Waals surface area (Å²) < 4.78 is 0. The van der Waals surface area contributed by atoms with Crippen LogP contribution >= 0.6 is 0 Å². The van der Waals surface area contributed by atoms with E-state index >= 15 is 0 Å². The molecule has 6 heteroatoms. The molecule has 1 aromatic carbocycles. The topological polar surface area (TPSA) is 81.2 Å². The van der Waals surface area contributed by atoms with E-state index in [2.05, 4.69) is 20.2 Å². The standard InChI is InChI=1S/C18H26N4O2/c1-13-20-16-6-5-14(10-17(16)21-13)11-18(24)19-7-9-22-8-3-2-4-15(22)12-23/h5-6,10,15,23H,2-4,7-9,11-12H2,1H3,(H,19,24)(H,20,21). The van der Waals surface area contributed by atoms with Crippen molar-refractivity contribution in [1.29, 1.82) is 0 Å². The number of hydrogen-bond donors (Lipinski definition) is 3. The van der Waals surface area contributed by atoms with Crippen LogP contribution in [0.25, 0.3) is 11.0 Å². The largest absolute Gasteiger partial charge is 0.395 e. The quantitative estimate of drug-likeness (QED) is 0.747. The molecule has 1 fully saturated rings. The molecule has 2 aromatic rings. The van der Waals surface area contributed by atoms with Crippen LogP contribution in [0.5, 0.6) is 0 Å². The summed E-state index contributed by atoms with van der Waals surface area (Å²) in [6.45, 7) is 4.57. The van der Waals surface area contributed by atoms with Crippen LogP contribution in [0.2, 0.25) is 0 Å². The number of aliphatic hydroxyl groups is 1. The average Bonchev–Trinajstić information content (AvgIpc) is 2.94. The number of nitrogens with one attached hydrogen (secondary N) is 2. The third kappa shape index (κ3) is 4.13. The monoisotopic (exact) mass is 330 g/mol. The summed E-state index contributed by atoms with van der Waals surface area (Å²) in [6.07, 6.45) is 3.78. The number of aromatic amines is 1. The zero-order chi connectivity index (χ0) is 16.9. The Bertz CT molecular complexity index is 697. The Hall–Kier alpha value is -1.92. The van der Waals surface area contributed by atoms with E-state index in [0.29, 0.717) is 13.0 Å². The fourth-order valence-electron chi connectivity index (χ4n) is 3.44. The van der Waals surface area contributed by atoms with Crippen LogP contribution in [0.1, 0.15) is 30.7 Å².